The number of halogens is 2. The molecule has 0 bridgehead atoms. The quantitative estimate of drug-likeness (QED) is 0.736. The summed E-state index contributed by atoms with van der Waals surface area (Å²) >= 11 is 9.81. The molecule has 2 aliphatic heterocycles. The molecule has 1 aromatic rings. The molecule has 2 atom stereocenters. The fraction of sp³-hybridized carbons (Fsp3) is 0.647. The largest absolute Gasteiger partial charge is 0.365 e. The maximum atomic E-state index is 6.31. The van der Waals surface area contributed by atoms with Gasteiger partial charge in [0.05, 0.1) is 5.02 Å². The number of anilines is 1. The van der Waals surface area contributed by atoms with Gasteiger partial charge < -0.3 is 4.90 Å². The maximum Gasteiger partial charge on any atom is 0.0568 e. The first-order valence-electron chi connectivity index (χ1n) is 8.02. The number of piperidine rings is 1. The standard InChI is InChI=1S/C17H24BrClN2/c1-12(2)17-11-20-8-4-3-5-14(20)10-21(17)13-6-7-15(18)16(19)9-13/h6-7,9,12,14,17H,3-5,8,10-11H2,1-2H3. The first kappa shape index (κ1) is 15.6. The SMILES string of the molecule is CC(C)C1CN2CCCCC2CN1c1ccc(Br)c(Cl)c1. The molecule has 1 aromatic carbocycles. The molecule has 2 saturated heterocycles. The van der Waals surface area contributed by atoms with E-state index in [-0.39, 0.29) is 0 Å². The molecule has 0 aliphatic carbocycles. The fourth-order valence-electron chi connectivity index (χ4n) is 3.74. The van der Waals surface area contributed by atoms with Gasteiger partial charge in [0.1, 0.15) is 0 Å². The number of rotatable bonds is 2. The number of hydrogen-bond donors (Lipinski definition) is 0. The molecule has 0 amide bonds. The molecular formula is C17H24BrClN2. The van der Waals surface area contributed by atoms with Gasteiger partial charge in [0.2, 0.25) is 0 Å². The zero-order valence-electron chi connectivity index (χ0n) is 12.9. The number of hydrogen-bond acceptors (Lipinski definition) is 2. The first-order chi connectivity index (χ1) is 10.1. The molecule has 0 N–H and O–H groups in total. The molecule has 0 saturated carbocycles. The number of nitrogens with zero attached hydrogens (tertiary/aromatic N) is 2. The summed E-state index contributed by atoms with van der Waals surface area (Å²) in [5.41, 5.74) is 1.27. The van der Waals surface area contributed by atoms with Crippen LogP contribution >= 0.6 is 27.5 Å². The molecule has 2 nitrogen and oxygen atoms in total. The van der Waals surface area contributed by atoms with E-state index in [1.807, 2.05) is 0 Å². The summed E-state index contributed by atoms with van der Waals surface area (Å²) in [6.45, 7) is 8.28. The van der Waals surface area contributed by atoms with E-state index in [1.54, 1.807) is 0 Å². The molecule has 116 valence electrons. The average molecular weight is 372 g/mol. The highest BCUT2D eigenvalue weighted by atomic mass is 79.9. The summed E-state index contributed by atoms with van der Waals surface area (Å²) in [6.07, 6.45) is 4.08. The summed E-state index contributed by atoms with van der Waals surface area (Å²) < 4.78 is 0.977. The lowest BCUT2D eigenvalue weighted by Crippen LogP contribution is -2.61. The third kappa shape index (κ3) is 3.25. The van der Waals surface area contributed by atoms with Crippen LogP contribution in [0.5, 0.6) is 0 Å². The fourth-order valence-corrected chi connectivity index (χ4v) is 4.16. The van der Waals surface area contributed by atoms with Crippen molar-refractivity contribution in [2.24, 2.45) is 5.92 Å². The van der Waals surface area contributed by atoms with Gasteiger partial charge in [-0.3, -0.25) is 4.90 Å². The predicted molar refractivity (Wildman–Crippen MR) is 94.3 cm³/mol. The summed E-state index contributed by atoms with van der Waals surface area (Å²) in [7, 11) is 0. The van der Waals surface area contributed by atoms with Crippen molar-refractivity contribution >= 4 is 33.2 Å². The molecule has 2 aliphatic rings. The van der Waals surface area contributed by atoms with E-state index in [9.17, 15) is 0 Å². The van der Waals surface area contributed by atoms with Crippen molar-refractivity contribution in [2.45, 2.75) is 45.2 Å². The molecule has 0 aromatic heterocycles. The number of benzene rings is 1. The highest BCUT2D eigenvalue weighted by Gasteiger charge is 2.36. The van der Waals surface area contributed by atoms with Gasteiger partial charge in [-0.15, -0.1) is 0 Å². The minimum absolute atomic E-state index is 0.580. The Bertz CT molecular complexity index is 506. The van der Waals surface area contributed by atoms with Gasteiger partial charge in [0, 0.05) is 35.3 Å². The zero-order chi connectivity index (χ0) is 15.0. The Hall–Kier alpha value is -0.250. The Morgan fingerprint density at radius 3 is 2.76 bits per heavy atom. The number of fused-ring (bicyclic) bond motifs is 1. The van der Waals surface area contributed by atoms with E-state index in [2.05, 4.69) is 57.8 Å². The molecule has 3 rings (SSSR count). The summed E-state index contributed by atoms with van der Waals surface area (Å²) in [4.78, 5) is 5.31. The Labute approximate surface area is 141 Å². The minimum Gasteiger partial charge on any atom is -0.365 e. The van der Waals surface area contributed by atoms with E-state index < -0.39 is 0 Å². The lowest BCUT2D eigenvalue weighted by Gasteiger charge is -2.50. The smallest absolute Gasteiger partial charge is 0.0568 e. The molecule has 2 heterocycles. The first-order valence-corrected chi connectivity index (χ1v) is 9.19. The van der Waals surface area contributed by atoms with Crippen molar-refractivity contribution in [3.63, 3.8) is 0 Å². The van der Waals surface area contributed by atoms with Crippen LogP contribution in [0, 0.1) is 5.92 Å². The van der Waals surface area contributed by atoms with Crippen LogP contribution in [0.3, 0.4) is 0 Å². The second-order valence-corrected chi connectivity index (χ2v) is 7.97. The Kier molecular flexibility index (Phi) is 4.82. The van der Waals surface area contributed by atoms with E-state index in [0.717, 1.165) is 22.1 Å². The average Bonchev–Trinajstić information content (AvgIpc) is 2.48. The number of piperazine rings is 1. The van der Waals surface area contributed by atoms with Crippen LogP contribution in [-0.2, 0) is 0 Å². The molecule has 21 heavy (non-hydrogen) atoms. The van der Waals surface area contributed by atoms with Gasteiger partial charge in [0.15, 0.2) is 0 Å². The van der Waals surface area contributed by atoms with Gasteiger partial charge in [-0.2, -0.15) is 0 Å². The van der Waals surface area contributed by atoms with Gasteiger partial charge in [0.25, 0.3) is 0 Å². The van der Waals surface area contributed by atoms with Gasteiger partial charge in [-0.05, 0) is 59.4 Å². The highest BCUT2D eigenvalue weighted by Crippen LogP contribution is 2.34. The van der Waals surface area contributed by atoms with Crippen LogP contribution in [0.15, 0.2) is 22.7 Å². The lowest BCUT2D eigenvalue weighted by atomic mass is 9.91. The van der Waals surface area contributed by atoms with Crippen molar-refractivity contribution in [3.8, 4) is 0 Å². The van der Waals surface area contributed by atoms with Crippen LogP contribution in [0.4, 0.5) is 5.69 Å². The molecule has 4 heteroatoms. The zero-order valence-corrected chi connectivity index (χ0v) is 15.2. The Morgan fingerprint density at radius 1 is 1.24 bits per heavy atom. The van der Waals surface area contributed by atoms with Crippen LogP contribution in [0.25, 0.3) is 0 Å². The highest BCUT2D eigenvalue weighted by molar-refractivity contribution is 9.10. The minimum atomic E-state index is 0.580. The van der Waals surface area contributed by atoms with E-state index in [1.165, 1.54) is 38.0 Å². The van der Waals surface area contributed by atoms with Crippen molar-refractivity contribution in [1.82, 2.24) is 4.90 Å². The molecular weight excluding hydrogens is 348 g/mol. The van der Waals surface area contributed by atoms with Gasteiger partial charge in [-0.25, -0.2) is 0 Å². The molecule has 0 spiro atoms. The topological polar surface area (TPSA) is 6.48 Å². The van der Waals surface area contributed by atoms with Crippen molar-refractivity contribution in [1.29, 1.82) is 0 Å². The lowest BCUT2D eigenvalue weighted by molar-refractivity contribution is 0.100. The third-order valence-electron chi connectivity index (χ3n) is 4.98. The second kappa shape index (κ2) is 6.47. The summed E-state index contributed by atoms with van der Waals surface area (Å²) in [6, 6.07) is 7.68. The van der Waals surface area contributed by atoms with Gasteiger partial charge in [-0.1, -0.05) is 31.9 Å². The van der Waals surface area contributed by atoms with Crippen molar-refractivity contribution < 1.29 is 0 Å². The molecule has 2 unspecified atom stereocenters. The van der Waals surface area contributed by atoms with Crippen molar-refractivity contribution in [2.75, 3.05) is 24.5 Å². The summed E-state index contributed by atoms with van der Waals surface area (Å²) in [5, 5.41) is 0.807. The van der Waals surface area contributed by atoms with Crippen molar-refractivity contribution in [3.05, 3.63) is 27.7 Å². The summed E-state index contributed by atoms with van der Waals surface area (Å²) in [5.74, 6) is 0.648. The Morgan fingerprint density at radius 2 is 2.05 bits per heavy atom. The van der Waals surface area contributed by atoms with Crippen LogP contribution < -0.4 is 4.90 Å². The van der Waals surface area contributed by atoms with Crippen LogP contribution in [-0.4, -0.2) is 36.6 Å². The monoisotopic (exact) mass is 370 g/mol. The normalized spacial score (nSPS) is 27.0. The molecule has 2 fully saturated rings. The van der Waals surface area contributed by atoms with E-state index in [4.69, 9.17) is 11.6 Å². The maximum absolute atomic E-state index is 6.31. The third-order valence-corrected chi connectivity index (χ3v) is 6.22. The van der Waals surface area contributed by atoms with Gasteiger partial charge >= 0.3 is 0 Å². The molecule has 0 radical (unpaired) electrons. The van der Waals surface area contributed by atoms with Crippen LogP contribution in [0.2, 0.25) is 5.02 Å². The predicted octanol–water partition coefficient (Wildman–Crippen LogP) is 4.80. The Balaban J connectivity index is 1.88. The van der Waals surface area contributed by atoms with E-state index >= 15 is 0 Å². The van der Waals surface area contributed by atoms with Crippen LogP contribution in [0.1, 0.15) is 33.1 Å². The second-order valence-electron chi connectivity index (χ2n) is 6.71. The van der Waals surface area contributed by atoms with E-state index in [0.29, 0.717) is 12.0 Å².